The van der Waals surface area contributed by atoms with E-state index in [1.807, 2.05) is 51.5 Å². The first-order valence-corrected chi connectivity index (χ1v) is 25.5. The van der Waals surface area contributed by atoms with E-state index < -0.39 is 49.9 Å². The summed E-state index contributed by atoms with van der Waals surface area (Å²) >= 11 is 1.24. The number of thioether (sulfide) groups is 1. The number of quaternary nitrogens is 1. The van der Waals surface area contributed by atoms with Crippen molar-refractivity contribution >= 4 is 31.5 Å². The summed E-state index contributed by atoms with van der Waals surface area (Å²) in [7, 11) is 1.02. The number of nitrogens with zero attached hydrogens (tertiary/aromatic N) is 1. The predicted octanol–water partition coefficient (Wildman–Crippen LogP) is 9.97. The van der Waals surface area contributed by atoms with Crippen LogP contribution in [0.4, 0.5) is 0 Å². The maximum atomic E-state index is 13.2. The minimum absolute atomic E-state index is 0.0691. The molecule has 0 saturated heterocycles. The van der Waals surface area contributed by atoms with Crippen LogP contribution in [0.5, 0.6) is 0 Å². The van der Waals surface area contributed by atoms with E-state index >= 15 is 0 Å². The fourth-order valence-corrected chi connectivity index (χ4v) is 7.73. The van der Waals surface area contributed by atoms with Crippen molar-refractivity contribution < 1.29 is 52.3 Å². The van der Waals surface area contributed by atoms with Gasteiger partial charge in [0.25, 0.3) is 7.82 Å². The van der Waals surface area contributed by atoms with Crippen molar-refractivity contribution in [2.75, 3.05) is 53.3 Å². The molecule has 5 atom stereocenters. The number of esters is 1. The molecule has 14 heteroatoms. The topological polar surface area (TPSA) is 178 Å². The number of ether oxygens (including phenoxy) is 2. The Morgan fingerprint density at radius 1 is 0.770 bits per heavy atom. The van der Waals surface area contributed by atoms with Gasteiger partial charge in [-0.2, -0.15) is 0 Å². The minimum atomic E-state index is -4.70. The average molecular weight is 901 g/mol. The number of phosphoric ester groups is 1. The number of allylic oxidation sites excluding steroid dienone is 8. The van der Waals surface area contributed by atoms with Gasteiger partial charge in [-0.3, -0.25) is 14.2 Å². The maximum absolute atomic E-state index is 13.2. The molecule has 0 spiro atoms. The van der Waals surface area contributed by atoms with Crippen LogP contribution >= 0.6 is 19.6 Å². The van der Waals surface area contributed by atoms with E-state index in [9.17, 15) is 24.2 Å². The van der Waals surface area contributed by atoms with Crippen LogP contribution in [0.2, 0.25) is 0 Å². The van der Waals surface area contributed by atoms with Crippen LogP contribution in [0.3, 0.4) is 0 Å². The number of likely N-dealkylation sites (N-methyl/N-ethyl adjacent to an activating group) is 1. The lowest BCUT2D eigenvalue weighted by atomic mass is 10.0. The predicted molar refractivity (Wildman–Crippen MR) is 250 cm³/mol. The second-order valence-corrected chi connectivity index (χ2v) is 19.3. The van der Waals surface area contributed by atoms with Gasteiger partial charge in [0.05, 0.1) is 40.1 Å². The van der Waals surface area contributed by atoms with Crippen molar-refractivity contribution in [3.8, 4) is 0 Å². The molecule has 0 aromatic carbocycles. The van der Waals surface area contributed by atoms with Crippen molar-refractivity contribution in [2.24, 2.45) is 5.73 Å². The molecule has 0 heterocycles. The zero-order valence-electron chi connectivity index (χ0n) is 38.5. The fourth-order valence-electron chi connectivity index (χ4n) is 5.88. The zero-order chi connectivity index (χ0) is 45.5. The molecule has 0 aromatic rings. The third-order valence-corrected chi connectivity index (χ3v) is 12.0. The van der Waals surface area contributed by atoms with Gasteiger partial charge >= 0.3 is 11.9 Å². The first-order valence-electron chi connectivity index (χ1n) is 23.0. The lowest BCUT2D eigenvalue weighted by molar-refractivity contribution is -0.870. The number of nitrogens with two attached hydrogens (primary N) is 1. The van der Waals surface area contributed by atoms with Crippen molar-refractivity contribution in [3.63, 3.8) is 0 Å². The summed E-state index contributed by atoms with van der Waals surface area (Å²) in [6, 6.07) is -1.12. The first kappa shape index (κ1) is 58.8. The van der Waals surface area contributed by atoms with Crippen molar-refractivity contribution in [1.29, 1.82) is 0 Å². The van der Waals surface area contributed by atoms with Gasteiger partial charge in [0.1, 0.15) is 25.8 Å². The van der Waals surface area contributed by atoms with Gasteiger partial charge in [-0.05, 0) is 51.0 Å². The largest absolute Gasteiger partial charge is 0.756 e. The lowest BCUT2D eigenvalue weighted by Gasteiger charge is -2.28. The van der Waals surface area contributed by atoms with Gasteiger partial charge in [0.2, 0.25) is 0 Å². The van der Waals surface area contributed by atoms with Gasteiger partial charge in [0.15, 0.2) is 6.10 Å². The van der Waals surface area contributed by atoms with Crippen LogP contribution in [0.25, 0.3) is 0 Å². The van der Waals surface area contributed by atoms with E-state index in [2.05, 4.69) is 26.0 Å². The lowest BCUT2D eigenvalue weighted by Crippen LogP contribution is -2.40. The van der Waals surface area contributed by atoms with E-state index in [1.54, 1.807) is 12.2 Å². The molecule has 0 aliphatic rings. The monoisotopic (exact) mass is 901 g/mol. The molecule has 1 unspecified atom stereocenters. The number of hydrogen-bond acceptors (Lipinski definition) is 11. The quantitative estimate of drug-likeness (QED) is 0.0101. The van der Waals surface area contributed by atoms with Crippen LogP contribution < -0.4 is 10.6 Å². The molecular weight excluding hydrogens is 816 g/mol. The molecule has 0 fully saturated rings. The third-order valence-electron chi connectivity index (χ3n) is 9.64. The normalized spacial score (nSPS) is 15.6. The number of aliphatic carboxylic acids is 1. The summed E-state index contributed by atoms with van der Waals surface area (Å²) in [4.78, 5) is 36.8. The highest BCUT2D eigenvalue weighted by Crippen LogP contribution is 2.38. The standard InChI is InChI=1S/C47H85N2O10PS/c1-6-8-10-12-14-16-18-20-21-23-25-27-29-31-37-56-39-42(40-58-60(54,55)57-38-36-49(3,4)5)59-47(53)43(48)41-61-45(44(50)33-32-35-46(51)52)34-30-28-26-24-22-19-17-15-13-11-9-7-2/h15,17,22,24,26,28,30-31,34,37,42-45,50H,6-14,16,18-21,23,25,27,29,32-33,35-36,38-41,48H2,1-5H3,(H-,51,52,54,55)/b17-15-,24-22-,28-26+,34-30+,37-31+/t42-,43+,44+,45-/m1/s1. The van der Waals surface area contributed by atoms with Crippen LogP contribution in [0, 0.1) is 0 Å². The summed E-state index contributed by atoms with van der Waals surface area (Å²) in [5, 5.41) is 19.5. The summed E-state index contributed by atoms with van der Waals surface area (Å²) in [6.07, 6.45) is 39.2. The molecule has 61 heavy (non-hydrogen) atoms. The Morgan fingerprint density at radius 3 is 2.00 bits per heavy atom. The van der Waals surface area contributed by atoms with Gasteiger partial charge in [-0.25, -0.2) is 0 Å². The van der Waals surface area contributed by atoms with Gasteiger partial charge in [-0.1, -0.05) is 146 Å². The Hall–Kier alpha value is -2.22. The first-order chi connectivity index (χ1) is 29.2. The summed E-state index contributed by atoms with van der Waals surface area (Å²) in [5.74, 6) is -1.66. The second kappa shape index (κ2) is 39.4. The molecule has 354 valence electrons. The molecule has 12 nitrogen and oxygen atoms in total. The summed E-state index contributed by atoms with van der Waals surface area (Å²) in [5.41, 5.74) is 6.25. The van der Waals surface area contributed by atoms with E-state index in [4.69, 9.17) is 29.4 Å². The third kappa shape index (κ3) is 40.3. The van der Waals surface area contributed by atoms with Gasteiger partial charge < -0.3 is 43.8 Å². The minimum Gasteiger partial charge on any atom is -0.756 e. The van der Waals surface area contributed by atoms with E-state index in [-0.39, 0.29) is 38.2 Å². The number of carboxylic acids is 1. The number of carbonyl (C=O) groups is 2. The SMILES string of the molecule is CCCCC/C=C\C\C=C/C=C/C=C/[C@@H](SC[C@H](N)C(=O)O[C@H](CO/C=C/CCCCCCCCCCCCCC)COP(=O)([O-])OCC[N+](C)(C)C)[C@@H](O)CCCC(=O)O. The molecule has 0 aliphatic heterocycles. The van der Waals surface area contributed by atoms with E-state index in [1.165, 1.54) is 101 Å². The van der Waals surface area contributed by atoms with Crippen LogP contribution in [-0.4, -0.2) is 103 Å². The molecule has 4 N–H and O–H groups in total. The highest BCUT2D eigenvalue weighted by molar-refractivity contribution is 8.00. The van der Waals surface area contributed by atoms with Gasteiger partial charge in [-0.15, -0.1) is 11.8 Å². The number of unbranched alkanes of at least 4 members (excludes halogenated alkanes) is 15. The maximum Gasteiger partial charge on any atom is 0.324 e. The summed E-state index contributed by atoms with van der Waals surface area (Å²) < 4.78 is 34.4. The molecule has 0 aliphatic carbocycles. The molecule has 0 rings (SSSR count). The Morgan fingerprint density at radius 2 is 1.36 bits per heavy atom. The molecular formula is C47H85N2O10PS. The number of phosphoric acid groups is 1. The fraction of sp³-hybridized carbons (Fsp3) is 0.745. The number of carbonyl (C=O) groups excluding carboxylic acids is 1. The Bertz CT molecular complexity index is 1290. The molecule has 0 aromatic heterocycles. The Kier molecular flexibility index (Phi) is 37.9. The van der Waals surface area contributed by atoms with Crippen LogP contribution in [0.15, 0.2) is 60.9 Å². The Balaban J connectivity index is 5.25. The molecule has 0 saturated carbocycles. The number of rotatable bonds is 42. The number of carboxylic acid groups (broad SMARTS) is 1. The van der Waals surface area contributed by atoms with Crippen molar-refractivity contribution in [2.45, 2.75) is 172 Å². The van der Waals surface area contributed by atoms with Crippen LogP contribution in [-0.2, 0) is 32.7 Å². The smallest absolute Gasteiger partial charge is 0.324 e. The summed E-state index contributed by atoms with van der Waals surface area (Å²) in [6.45, 7) is 4.11. The highest BCUT2D eigenvalue weighted by atomic mass is 32.2. The van der Waals surface area contributed by atoms with Crippen molar-refractivity contribution in [3.05, 3.63) is 60.9 Å². The number of hydrogen-bond donors (Lipinski definition) is 3. The number of aliphatic hydroxyl groups is 1. The Labute approximate surface area is 374 Å². The molecule has 0 radical (unpaired) electrons. The second-order valence-electron chi connectivity index (χ2n) is 16.7. The molecule has 0 amide bonds. The van der Waals surface area contributed by atoms with Crippen LogP contribution in [0.1, 0.15) is 149 Å². The molecule has 0 bridgehead atoms. The number of aliphatic hydroxyl groups excluding tert-OH is 1. The zero-order valence-corrected chi connectivity index (χ0v) is 40.2. The highest BCUT2D eigenvalue weighted by Gasteiger charge is 2.26. The van der Waals surface area contributed by atoms with E-state index in [0.29, 0.717) is 11.0 Å². The van der Waals surface area contributed by atoms with E-state index in [0.717, 1.165) is 32.1 Å². The van der Waals surface area contributed by atoms with Gasteiger partial charge in [0, 0.05) is 17.4 Å². The van der Waals surface area contributed by atoms with Crippen molar-refractivity contribution in [1.82, 2.24) is 0 Å². The average Bonchev–Trinajstić information content (AvgIpc) is 3.20.